The Bertz CT molecular complexity index is 1190. The zero-order chi connectivity index (χ0) is 26.4. The zero-order valence-corrected chi connectivity index (χ0v) is 20.0. The Kier molecular flexibility index (Phi) is 8.35. The normalized spacial score (nSPS) is 14.3. The lowest BCUT2D eigenvalue weighted by atomic mass is 9.92. The maximum Gasteiger partial charge on any atom is 0.409 e. The van der Waals surface area contributed by atoms with Crippen molar-refractivity contribution in [1.29, 1.82) is 0 Å². The van der Waals surface area contributed by atoms with Crippen molar-refractivity contribution in [2.45, 2.75) is 25.7 Å². The Morgan fingerprint density at radius 1 is 1.17 bits per heavy atom. The molecule has 1 aliphatic rings. The Balaban J connectivity index is 2.00. The van der Waals surface area contributed by atoms with E-state index in [4.69, 9.17) is 15.2 Å². The van der Waals surface area contributed by atoms with E-state index in [9.17, 15) is 29.3 Å². The number of aromatic nitrogens is 1. The SMILES string of the molecule is CCOC(=O)N1CCN(C(=O)C(CCC(=O)OC)c2nc3cccc([N+](=O)[O-])c3cc2C(N)=O)CC1. The number of piperazine rings is 1. The van der Waals surface area contributed by atoms with Crippen LogP contribution in [0.5, 0.6) is 0 Å². The summed E-state index contributed by atoms with van der Waals surface area (Å²) in [6.07, 6.45) is -0.638. The summed E-state index contributed by atoms with van der Waals surface area (Å²) in [6.45, 7) is 2.83. The smallest absolute Gasteiger partial charge is 0.409 e. The van der Waals surface area contributed by atoms with Gasteiger partial charge in [-0.1, -0.05) is 6.07 Å². The molecule has 3 amide bonds. The summed E-state index contributed by atoms with van der Waals surface area (Å²) >= 11 is 0. The van der Waals surface area contributed by atoms with Crippen LogP contribution in [0, 0.1) is 10.1 Å². The molecule has 0 saturated carbocycles. The fraction of sp³-hybridized carbons (Fsp3) is 0.435. The van der Waals surface area contributed by atoms with Crippen molar-refractivity contribution in [3.63, 3.8) is 0 Å². The molecule has 0 spiro atoms. The molecular weight excluding hydrogens is 474 g/mol. The first-order chi connectivity index (χ1) is 17.2. The summed E-state index contributed by atoms with van der Waals surface area (Å²) in [4.78, 5) is 68.2. The van der Waals surface area contributed by atoms with E-state index in [1.165, 1.54) is 41.2 Å². The summed E-state index contributed by atoms with van der Waals surface area (Å²) in [7, 11) is 1.22. The van der Waals surface area contributed by atoms with Crippen molar-refractivity contribution in [2.24, 2.45) is 5.73 Å². The molecule has 0 bridgehead atoms. The molecule has 2 heterocycles. The van der Waals surface area contributed by atoms with Crippen molar-refractivity contribution in [3.05, 3.63) is 45.6 Å². The molecule has 0 radical (unpaired) electrons. The highest BCUT2D eigenvalue weighted by molar-refractivity contribution is 6.01. The second kappa shape index (κ2) is 11.4. The monoisotopic (exact) mass is 501 g/mol. The van der Waals surface area contributed by atoms with E-state index in [0.29, 0.717) is 0 Å². The number of non-ortho nitro benzene ring substituents is 1. The van der Waals surface area contributed by atoms with Crippen LogP contribution >= 0.6 is 0 Å². The molecule has 2 aromatic rings. The number of nitro groups is 1. The number of benzene rings is 1. The quantitative estimate of drug-likeness (QED) is 0.320. The molecule has 1 aliphatic heterocycles. The summed E-state index contributed by atoms with van der Waals surface area (Å²) in [6, 6.07) is 5.50. The lowest BCUT2D eigenvalue weighted by Gasteiger charge is -2.36. The Morgan fingerprint density at radius 2 is 1.83 bits per heavy atom. The molecular formula is C23H27N5O8. The molecule has 13 heteroatoms. The highest BCUT2D eigenvalue weighted by atomic mass is 16.6. The van der Waals surface area contributed by atoms with Crippen LogP contribution in [0.15, 0.2) is 24.3 Å². The van der Waals surface area contributed by atoms with Crippen LogP contribution in [0.4, 0.5) is 10.5 Å². The number of amides is 3. The highest BCUT2D eigenvalue weighted by Gasteiger charge is 2.34. The van der Waals surface area contributed by atoms with Crippen LogP contribution in [0.2, 0.25) is 0 Å². The standard InChI is InChI=1S/C23H27N5O8/c1-3-36-23(32)27-11-9-26(10-12-27)22(31)14(7-8-19(29)35-2)20-16(21(24)30)13-15-17(25-20)5-4-6-18(15)28(33)34/h4-6,13-14H,3,7-12H2,1-2H3,(H2,24,30). The number of nitrogens with zero attached hydrogens (tertiary/aromatic N) is 4. The van der Waals surface area contributed by atoms with Gasteiger partial charge in [0.05, 0.1) is 46.7 Å². The summed E-state index contributed by atoms with van der Waals surface area (Å²) in [5.41, 5.74) is 5.40. The Morgan fingerprint density at radius 3 is 2.42 bits per heavy atom. The number of ether oxygens (including phenoxy) is 2. The van der Waals surface area contributed by atoms with Gasteiger partial charge in [0.15, 0.2) is 0 Å². The number of pyridine rings is 1. The fourth-order valence-corrected chi connectivity index (χ4v) is 4.10. The van der Waals surface area contributed by atoms with Crippen molar-refractivity contribution in [1.82, 2.24) is 14.8 Å². The van der Waals surface area contributed by atoms with E-state index in [2.05, 4.69) is 4.98 Å². The van der Waals surface area contributed by atoms with E-state index in [1.54, 1.807) is 6.92 Å². The van der Waals surface area contributed by atoms with Gasteiger partial charge in [-0.25, -0.2) is 4.79 Å². The van der Waals surface area contributed by atoms with Gasteiger partial charge in [-0.2, -0.15) is 0 Å². The van der Waals surface area contributed by atoms with Gasteiger partial charge in [-0.3, -0.25) is 29.5 Å². The minimum absolute atomic E-state index is 0.0252. The molecule has 192 valence electrons. The van der Waals surface area contributed by atoms with Gasteiger partial charge < -0.3 is 25.0 Å². The molecule has 1 saturated heterocycles. The molecule has 1 unspecified atom stereocenters. The number of esters is 1. The third kappa shape index (κ3) is 5.67. The Hall–Kier alpha value is -4.29. The molecule has 1 aromatic heterocycles. The number of rotatable bonds is 8. The van der Waals surface area contributed by atoms with E-state index >= 15 is 0 Å². The third-order valence-electron chi connectivity index (χ3n) is 5.94. The topological polar surface area (TPSA) is 175 Å². The van der Waals surface area contributed by atoms with E-state index in [1.807, 2.05) is 0 Å². The predicted molar refractivity (Wildman–Crippen MR) is 126 cm³/mol. The summed E-state index contributed by atoms with van der Waals surface area (Å²) < 4.78 is 9.71. The molecule has 13 nitrogen and oxygen atoms in total. The number of nitrogens with two attached hydrogens (primary N) is 1. The molecule has 36 heavy (non-hydrogen) atoms. The number of nitro benzene ring substituents is 1. The van der Waals surface area contributed by atoms with Crippen molar-refractivity contribution in [3.8, 4) is 0 Å². The number of methoxy groups -OCH3 is 1. The number of hydrogen-bond donors (Lipinski definition) is 1. The zero-order valence-electron chi connectivity index (χ0n) is 20.0. The van der Waals surface area contributed by atoms with E-state index in [0.717, 1.165) is 0 Å². The maximum absolute atomic E-state index is 13.6. The van der Waals surface area contributed by atoms with Crippen molar-refractivity contribution >= 4 is 40.5 Å². The minimum atomic E-state index is -1.05. The van der Waals surface area contributed by atoms with Crippen LogP contribution in [-0.2, 0) is 19.1 Å². The summed E-state index contributed by atoms with van der Waals surface area (Å²) in [5.74, 6) is -2.94. The Labute approximate surface area is 206 Å². The molecule has 0 aliphatic carbocycles. The van der Waals surface area contributed by atoms with Crippen LogP contribution in [0.3, 0.4) is 0 Å². The fourth-order valence-electron chi connectivity index (χ4n) is 4.10. The van der Waals surface area contributed by atoms with Crippen LogP contribution in [0.25, 0.3) is 10.9 Å². The first-order valence-electron chi connectivity index (χ1n) is 11.3. The largest absolute Gasteiger partial charge is 0.469 e. The van der Waals surface area contributed by atoms with Gasteiger partial charge >= 0.3 is 12.1 Å². The van der Waals surface area contributed by atoms with Gasteiger partial charge in [-0.05, 0) is 25.5 Å². The molecule has 1 fully saturated rings. The van der Waals surface area contributed by atoms with Crippen molar-refractivity contribution < 1.29 is 33.6 Å². The summed E-state index contributed by atoms with van der Waals surface area (Å²) in [5, 5.41) is 11.6. The van der Waals surface area contributed by atoms with Crippen molar-refractivity contribution in [2.75, 3.05) is 39.9 Å². The van der Waals surface area contributed by atoms with Gasteiger partial charge in [-0.15, -0.1) is 0 Å². The highest BCUT2D eigenvalue weighted by Crippen LogP contribution is 2.32. The first kappa shape index (κ1) is 26.3. The minimum Gasteiger partial charge on any atom is -0.469 e. The number of carbonyl (C=O) groups excluding carboxylic acids is 4. The number of fused-ring (bicyclic) bond motifs is 1. The lowest BCUT2D eigenvalue weighted by molar-refractivity contribution is -0.383. The predicted octanol–water partition coefficient (Wildman–Crippen LogP) is 1.58. The molecule has 3 rings (SSSR count). The average molecular weight is 501 g/mol. The second-order valence-electron chi connectivity index (χ2n) is 8.07. The average Bonchev–Trinajstić information content (AvgIpc) is 2.87. The van der Waals surface area contributed by atoms with E-state index < -0.39 is 34.7 Å². The maximum atomic E-state index is 13.6. The lowest BCUT2D eigenvalue weighted by Crippen LogP contribution is -2.52. The second-order valence-corrected chi connectivity index (χ2v) is 8.07. The number of carbonyl (C=O) groups is 4. The number of primary amides is 1. The van der Waals surface area contributed by atoms with Gasteiger partial charge in [0.2, 0.25) is 5.91 Å². The van der Waals surface area contributed by atoms with E-state index in [-0.39, 0.29) is 73.5 Å². The van der Waals surface area contributed by atoms with Gasteiger partial charge in [0, 0.05) is 38.7 Å². The van der Waals surface area contributed by atoms with Crippen LogP contribution < -0.4 is 5.73 Å². The molecule has 2 N–H and O–H groups in total. The van der Waals surface area contributed by atoms with Gasteiger partial charge in [0.25, 0.3) is 11.6 Å². The van der Waals surface area contributed by atoms with Gasteiger partial charge in [0.1, 0.15) is 0 Å². The molecule has 1 aromatic carbocycles. The van der Waals surface area contributed by atoms with Crippen LogP contribution in [-0.4, -0.2) is 83.5 Å². The van der Waals surface area contributed by atoms with Crippen LogP contribution in [0.1, 0.15) is 41.7 Å². The third-order valence-corrected chi connectivity index (χ3v) is 5.94. The first-order valence-corrected chi connectivity index (χ1v) is 11.3. The number of hydrogen-bond acceptors (Lipinski definition) is 9. The molecule has 1 atom stereocenters.